The summed E-state index contributed by atoms with van der Waals surface area (Å²) < 4.78 is 0. The van der Waals surface area contributed by atoms with E-state index in [0.29, 0.717) is 12.5 Å². The van der Waals surface area contributed by atoms with Crippen LogP contribution in [0.3, 0.4) is 0 Å². The molecule has 2 unspecified atom stereocenters. The molecule has 0 aromatic carbocycles. The van der Waals surface area contributed by atoms with Crippen LogP contribution in [-0.4, -0.2) is 48.3 Å². The lowest BCUT2D eigenvalue weighted by Crippen LogP contribution is -2.49. The van der Waals surface area contributed by atoms with Crippen LogP contribution in [0, 0.1) is 5.92 Å². The molecule has 4 nitrogen and oxygen atoms in total. The summed E-state index contributed by atoms with van der Waals surface area (Å²) in [5, 5.41) is 14.8. The van der Waals surface area contributed by atoms with Gasteiger partial charge in [0, 0.05) is 31.2 Å². The number of rotatable bonds is 5. The highest BCUT2D eigenvalue weighted by molar-refractivity contribution is 7.99. The number of hydrogen-bond donors (Lipinski definition) is 3. The first-order valence-corrected chi connectivity index (χ1v) is 6.59. The van der Waals surface area contributed by atoms with Crippen molar-refractivity contribution in [2.45, 2.75) is 19.4 Å². The average molecular weight is 232 g/mol. The Morgan fingerprint density at radius 3 is 3.13 bits per heavy atom. The molecule has 1 saturated heterocycles. The molecule has 1 fully saturated rings. The predicted molar refractivity (Wildman–Crippen MR) is 63.0 cm³/mol. The lowest BCUT2D eigenvalue weighted by atomic mass is 10.1. The molecule has 0 bridgehead atoms. The van der Waals surface area contributed by atoms with Gasteiger partial charge in [-0.25, -0.2) is 0 Å². The minimum absolute atomic E-state index is 0.0370. The molecule has 0 aromatic heterocycles. The summed E-state index contributed by atoms with van der Waals surface area (Å²) in [7, 11) is 0. The van der Waals surface area contributed by atoms with Gasteiger partial charge in [-0.2, -0.15) is 11.8 Å². The van der Waals surface area contributed by atoms with Crippen molar-refractivity contribution in [2.75, 3.05) is 31.2 Å². The molecule has 15 heavy (non-hydrogen) atoms. The van der Waals surface area contributed by atoms with Crippen molar-refractivity contribution in [1.29, 1.82) is 0 Å². The Kier molecular flexibility index (Phi) is 6.05. The number of amides is 1. The number of hydrogen-bond acceptors (Lipinski definition) is 4. The third kappa shape index (κ3) is 4.86. The van der Waals surface area contributed by atoms with Gasteiger partial charge in [0.2, 0.25) is 5.91 Å². The molecule has 1 aliphatic heterocycles. The molecule has 0 spiro atoms. The summed E-state index contributed by atoms with van der Waals surface area (Å²) in [4.78, 5) is 11.7. The van der Waals surface area contributed by atoms with E-state index in [1.807, 2.05) is 18.7 Å². The van der Waals surface area contributed by atoms with Gasteiger partial charge in [0.1, 0.15) is 0 Å². The van der Waals surface area contributed by atoms with E-state index in [2.05, 4.69) is 10.6 Å². The monoisotopic (exact) mass is 232 g/mol. The molecule has 2 atom stereocenters. The summed E-state index contributed by atoms with van der Waals surface area (Å²) in [6.07, 6.45) is 0.743. The zero-order chi connectivity index (χ0) is 11.1. The first-order valence-electron chi connectivity index (χ1n) is 5.43. The summed E-state index contributed by atoms with van der Waals surface area (Å²) in [5.41, 5.74) is 0. The van der Waals surface area contributed by atoms with Crippen molar-refractivity contribution in [2.24, 2.45) is 5.92 Å². The number of carbonyl (C=O) groups is 1. The highest BCUT2D eigenvalue weighted by atomic mass is 32.2. The second-order valence-corrected chi connectivity index (χ2v) is 5.09. The lowest BCUT2D eigenvalue weighted by molar-refractivity contribution is -0.122. The SMILES string of the molecule is CC(CCO)CNC(=O)C1CSCCN1. The van der Waals surface area contributed by atoms with Gasteiger partial charge in [0.25, 0.3) is 0 Å². The molecule has 5 heteroatoms. The van der Waals surface area contributed by atoms with Crippen molar-refractivity contribution >= 4 is 17.7 Å². The molecule has 1 rings (SSSR count). The van der Waals surface area contributed by atoms with Crippen LogP contribution in [0.5, 0.6) is 0 Å². The minimum Gasteiger partial charge on any atom is -0.396 e. The third-order valence-electron chi connectivity index (χ3n) is 2.48. The van der Waals surface area contributed by atoms with E-state index < -0.39 is 0 Å². The maximum absolute atomic E-state index is 11.7. The normalized spacial score (nSPS) is 23.5. The second-order valence-electron chi connectivity index (χ2n) is 3.94. The molecular formula is C10H20N2O2S. The van der Waals surface area contributed by atoms with Crippen LogP contribution in [0.25, 0.3) is 0 Å². The van der Waals surface area contributed by atoms with Gasteiger partial charge < -0.3 is 15.7 Å². The maximum Gasteiger partial charge on any atom is 0.238 e. The lowest BCUT2D eigenvalue weighted by Gasteiger charge is -2.23. The van der Waals surface area contributed by atoms with Crippen LogP contribution in [0.2, 0.25) is 0 Å². The number of carbonyl (C=O) groups excluding carboxylic acids is 1. The molecule has 1 heterocycles. The van der Waals surface area contributed by atoms with E-state index >= 15 is 0 Å². The van der Waals surface area contributed by atoms with Crippen molar-refractivity contribution in [1.82, 2.24) is 10.6 Å². The van der Waals surface area contributed by atoms with E-state index in [0.717, 1.165) is 24.5 Å². The predicted octanol–water partition coefficient (Wildman–Crippen LogP) is -0.174. The first-order chi connectivity index (χ1) is 7.24. The quantitative estimate of drug-likeness (QED) is 0.616. The summed E-state index contributed by atoms with van der Waals surface area (Å²) >= 11 is 1.81. The zero-order valence-electron chi connectivity index (χ0n) is 9.16. The van der Waals surface area contributed by atoms with Crippen molar-refractivity contribution < 1.29 is 9.90 Å². The molecule has 1 amide bonds. The Bertz CT molecular complexity index is 196. The van der Waals surface area contributed by atoms with Crippen LogP contribution in [0.4, 0.5) is 0 Å². The minimum atomic E-state index is -0.0370. The maximum atomic E-state index is 11.7. The fourth-order valence-corrected chi connectivity index (χ4v) is 2.39. The molecule has 0 saturated carbocycles. The molecule has 0 aromatic rings. The Morgan fingerprint density at radius 2 is 2.53 bits per heavy atom. The summed E-state index contributed by atoms with van der Waals surface area (Å²) in [6, 6.07) is -0.0370. The summed E-state index contributed by atoms with van der Waals surface area (Å²) in [5.74, 6) is 2.38. The Labute approximate surface area is 95.2 Å². The van der Waals surface area contributed by atoms with E-state index in [1.165, 1.54) is 0 Å². The molecule has 0 radical (unpaired) electrons. The molecule has 0 aliphatic carbocycles. The smallest absolute Gasteiger partial charge is 0.238 e. The van der Waals surface area contributed by atoms with Crippen LogP contribution in [0.1, 0.15) is 13.3 Å². The Balaban J connectivity index is 2.16. The van der Waals surface area contributed by atoms with E-state index in [1.54, 1.807) is 0 Å². The zero-order valence-corrected chi connectivity index (χ0v) is 9.98. The number of thioether (sulfide) groups is 1. The van der Waals surface area contributed by atoms with E-state index in [-0.39, 0.29) is 18.6 Å². The largest absolute Gasteiger partial charge is 0.396 e. The van der Waals surface area contributed by atoms with Gasteiger partial charge in [0.05, 0.1) is 6.04 Å². The Hall–Kier alpha value is -0.260. The van der Waals surface area contributed by atoms with Gasteiger partial charge in [0.15, 0.2) is 0 Å². The number of aliphatic hydroxyl groups excluding tert-OH is 1. The third-order valence-corrected chi connectivity index (χ3v) is 3.55. The van der Waals surface area contributed by atoms with Crippen LogP contribution < -0.4 is 10.6 Å². The topological polar surface area (TPSA) is 61.4 Å². The average Bonchev–Trinajstić information content (AvgIpc) is 2.27. The molecule has 3 N–H and O–H groups in total. The van der Waals surface area contributed by atoms with Crippen LogP contribution in [0.15, 0.2) is 0 Å². The molecule has 88 valence electrons. The fourth-order valence-electron chi connectivity index (χ4n) is 1.45. The first kappa shape index (κ1) is 12.8. The van der Waals surface area contributed by atoms with Gasteiger partial charge in [-0.3, -0.25) is 4.79 Å². The van der Waals surface area contributed by atoms with Crippen molar-refractivity contribution in [3.8, 4) is 0 Å². The second kappa shape index (κ2) is 7.09. The highest BCUT2D eigenvalue weighted by Crippen LogP contribution is 2.07. The van der Waals surface area contributed by atoms with Gasteiger partial charge >= 0.3 is 0 Å². The number of aliphatic hydroxyl groups is 1. The molecular weight excluding hydrogens is 212 g/mol. The summed E-state index contributed by atoms with van der Waals surface area (Å²) in [6.45, 7) is 3.78. The fraction of sp³-hybridized carbons (Fsp3) is 0.900. The van der Waals surface area contributed by atoms with Crippen LogP contribution in [-0.2, 0) is 4.79 Å². The van der Waals surface area contributed by atoms with Gasteiger partial charge in [-0.15, -0.1) is 0 Å². The van der Waals surface area contributed by atoms with E-state index in [4.69, 9.17) is 5.11 Å². The molecule has 1 aliphatic rings. The van der Waals surface area contributed by atoms with Gasteiger partial charge in [-0.1, -0.05) is 6.92 Å². The van der Waals surface area contributed by atoms with Crippen molar-refractivity contribution in [3.63, 3.8) is 0 Å². The van der Waals surface area contributed by atoms with Crippen LogP contribution >= 0.6 is 11.8 Å². The van der Waals surface area contributed by atoms with Crippen molar-refractivity contribution in [3.05, 3.63) is 0 Å². The Morgan fingerprint density at radius 1 is 1.73 bits per heavy atom. The van der Waals surface area contributed by atoms with E-state index in [9.17, 15) is 4.79 Å². The number of nitrogens with one attached hydrogen (secondary N) is 2. The highest BCUT2D eigenvalue weighted by Gasteiger charge is 2.20. The van der Waals surface area contributed by atoms with Gasteiger partial charge in [-0.05, 0) is 12.3 Å². The standard InChI is InChI=1S/C10H20N2O2S/c1-8(2-4-13)6-12-10(14)9-7-15-5-3-11-9/h8-9,11,13H,2-7H2,1H3,(H,12,14).